The largest absolute Gasteiger partial charge is 0.491 e. The molecule has 19 heavy (non-hydrogen) atoms. The third-order valence-corrected chi connectivity index (χ3v) is 2.86. The molecular weight excluding hydrogens is 270 g/mol. The molecule has 0 spiro atoms. The number of amides is 1. The van der Waals surface area contributed by atoms with Crippen molar-refractivity contribution in [3.05, 3.63) is 28.8 Å². The SMILES string of the molecule is CCc1cc(OCC(NC(C)=O)C(=O)O)ccc1Cl. The van der Waals surface area contributed by atoms with Crippen LogP contribution in [-0.2, 0) is 16.0 Å². The first-order valence-electron chi connectivity index (χ1n) is 5.85. The quantitative estimate of drug-likeness (QED) is 0.837. The normalized spacial score (nSPS) is 11.7. The molecule has 0 aliphatic carbocycles. The lowest BCUT2D eigenvalue weighted by Gasteiger charge is -2.15. The van der Waals surface area contributed by atoms with Crippen molar-refractivity contribution in [2.45, 2.75) is 26.3 Å². The van der Waals surface area contributed by atoms with Gasteiger partial charge in [-0.3, -0.25) is 4.79 Å². The van der Waals surface area contributed by atoms with E-state index in [1.807, 2.05) is 6.92 Å². The van der Waals surface area contributed by atoms with Crippen molar-refractivity contribution >= 4 is 23.5 Å². The molecule has 1 rings (SSSR count). The van der Waals surface area contributed by atoms with Crippen LogP contribution in [0.2, 0.25) is 5.02 Å². The number of rotatable bonds is 6. The second-order valence-corrected chi connectivity index (χ2v) is 4.42. The molecular formula is C13H16ClNO4. The lowest BCUT2D eigenvalue weighted by Crippen LogP contribution is -2.43. The zero-order valence-corrected chi connectivity index (χ0v) is 11.5. The number of carboxylic acids is 1. The first-order valence-corrected chi connectivity index (χ1v) is 6.23. The number of hydrogen-bond donors (Lipinski definition) is 2. The highest BCUT2D eigenvalue weighted by Gasteiger charge is 2.19. The van der Waals surface area contributed by atoms with Gasteiger partial charge in [0.15, 0.2) is 6.04 Å². The minimum absolute atomic E-state index is 0.139. The lowest BCUT2D eigenvalue weighted by molar-refractivity contribution is -0.142. The van der Waals surface area contributed by atoms with Gasteiger partial charge in [0.2, 0.25) is 5.91 Å². The summed E-state index contributed by atoms with van der Waals surface area (Å²) in [6.07, 6.45) is 0.754. The molecule has 0 radical (unpaired) electrons. The summed E-state index contributed by atoms with van der Waals surface area (Å²) in [6, 6.07) is 4.05. The second-order valence-electron chi connectivity index (χ2n) is 4.01. The molecule has 0 heterocycles. The molecule has 0 aliphatic rings. The minimum Gasteiger partial charge on any atom is -0.491 e. The first-order chi connectivity index (χ1) is 8.93. The maximum atomic E-state index is 10.9. The van der Waals surface area contributed by atoms with Gasteiger partial charge in [0.05, 0.1) is 0 Å². The summed E-state index contributed by atoms with van der Waals surface area (Å²) < 4.78 is 5.37. The van der Waals surface area contributed by atoms with Crippen molar-refractivity contribution in [3.8, 4) is 5.75 Å². The highest BCUT2D eigenvalue weighted by molar-refractivity contribution is 6.31. The molecule has 0 aromatic heterocycles. The van der Waals surface area contributed by atoms with Crippen LogP contribution in [-0.4, -0.2) is 29.6 Å². The molecule has 0 saturated heterocycles. The number of carbonyl (C=O) groups excluding carboxylic acids is 1. The average molecular weight is 286 g/mol. The molecule has 0 bridgehead atoms. The molecule has 1 amide bonds. The average Bonchev–Trinajstić information content (AvgIpc) is 2.35. The number of carboxylic acid groups (broad SMARTS) is 1. The van der Waals surface area contributed by atoms with E-state index in [0.29, 0.717) is 10.8 Å². The Morgan fingerprint density at radius 1 is 1.47 bits per heavy atom. The summed E-state index contributed by atoms with van der Waals surface area (Å²) in [5.74, 6) is -1.03. The minimum atomic E-state index is -1.14. The van der Waals surface area contributed by atoms with E-state index in [0.717, 1.165) is 12.0 Å². The molecule has 5 nitrogen and oxygen atoms in total. The number of ether oxygens (including phenoxy) is 1. The van der Waals surface area contributed by atoms with Crippen LogP contribution in [0.1, 0.15) is 19.4 Å². The molecule has 6 heteroatoms. The zero-order chi connectivity index (χ0) is 14.4. The smallest absolute Gasteiger partial charge is 0.329 e. The molecule has 1 aromatic rings. The van der Waals surface area contributed by atoms with Gasteiger partial charge in [-0.1, -0.05) is 18.5 Å². The van der Waals surface area contributed by atoms with Crippen LogP contribution in [0.5, 0.6) is 5.75 Å². The maximum absolute atomic E-state index is 10.9. The molecule has 2 N–H and O–H groups in total. The predicted octanol–water partition coefficient (Wildman–Crippen LogP) is 1.87. The number of benzene rings is 1. The Kier molecular flexibility index (Phi) is 5.63. The fraction of sp³-hybridized carbons (Fsp3) is 0.385. The number of aliphatic carboxylic acids is 1. The second kappa shape index (κ2) is 6.99. The summed E-state index contributed by atoms with van der Waals surface area (Å²) in [5, 5.41) is 11.9. The van der Waals surface area contributed by atoms with Gasteiger partial charge < -0.3 is 15.2 Å². The van der Waals surface area contributed by atoms with E-state index in [1.54, 1.807) is 18.2 Å². The maximum Gasteiger partial charge on any atom is 0.329 e. The van der Waals surface area contributed by atoms with E-state index in [2.05, 4.69) is 5.32 Å². The highest BCUT2D eigenvalue weighted by atomic mass is 35.5. The zero-order valence-electron chi connectivity index (χ0n) is 10.8. The molecule has 104 valence electrons. The summed E-state index contributed by atoms with van der Waals surface area (Å²) in [6.45, 7) is 3.08. The van der Waals surface area contributed by atoms with Crippen LogP contribution >= 0.6 is 11.6 Å². The molecule has 0 aliphatic heterocycles. The van der Waals surface area contributed by atoms with E-state index >= 15 is 0 Å². The Morgan fingerprint density at radius 3 is 2.68 bits per heavy atom. The first kappa shape index (κ1) is 15.3. The molecule has 1 atom stereocenters. The number of nitrogens with one attached hydrogen (secondary N) is 1. The Labute approximate surface area is 116 Å². The van der Waals surface area contributed by atoms with Crippen LogP contribution in [0.4, 0.5) is 0 Å². The number of carbonyl (C=O) groups is 2. The van der Waals surface area contributed by atoms with Gasteiger partial charge in [-0.25, -0.2) is 4.79 Å². The predicted molar refractivity (Wildman–Crippen MR) is 71.6 cm³/mol. The molecule has 0 saturated carbocycles. The van der Waals surface area contributed by atoms with Gasteiger partial charge >= 0.3 is 5.97 Å². The van der Waals surface area contributed by atoms with Gasteiger partial charge in [-0.05, 0) is 30.2 Å². The van der Waals surface area contributed by atoms with Crippen LogP contribution in [0.25, 0.3) is 0 Å². The monoisotopic (exact) mass is 285 g/mol. The summed E-state index contributed by atoms with van der Waals surface area (Å²) >= 11 is 5.97. The fourth-order valence-electron chi connectivity index (χ4n) is 1.51. The third-order valence-electron chi connectivity index (χ3n) is 2.49. The van der Waals surface area contributed by atoms with Gasteiger partial charge in [-0.15, -0.1) is 0 Å². The number of aryl methyl sites for hydroxylation is 1. The van der Waals surface area contributed by atoms with Gasteiger partial charge in [-0.2, -0.15) is 0 Å². The van der Waals surface area contributed by atoms with E-state index < -0.39 is 17.9 Å². The van der Waals surface area contributed by atoms with Crippen molar-refractivity contribution in [2.75, 3.05) is 6.61 Å². The number of halogens is 1. The van der Waals surface area contributed by atoms with Crippen molar-refractivity contribution in [3.63, 3.8) is 0 Å². The van der Waals surface area contributed by atoms with Gasteiger partial charge in [0, 0.05) is 11.9 Å². The Bertz CT molecular complexity index is 476. The molecule has 1 aromatic carbocycles. The topological polar surface area (TPSA) is 75.6 Å². The number of hydrogen-bond acceptors (Lipinski definition) is 3. The van der Waals surface area contributed by atoms with Crippen molar-refractivity contribution < 1.29 is 19.4 Å². The van der Waals surface area contributed by atoms with Crippen LogP contribution in [0, 0.1) is 0 Å². The summed E-state index contributed by atoms with van der Waals surface area (Å²) in [4.78, 5) is 21.8. The highest BCUT2D eigenvalue weighted by Crippen LogP contribution is 2.22. The van der Waals surface area contributed by atoms with E-state index in [-0.39, 0.29) is 6.61 Å². The standard InChI is InChI=1S/C13H16ClNO4/c1-3-9-6-10(4-5-11(9)14)19-7-12(13(17)18)15-8(2)16/h4-6,12H,3,7H2,1-2H3,(H,15,16)(H,17,18). The van der Waals surface area contributed by atoms with Crippen LogP contribution < -0.4 is 10.1 Å². The summed E-state index contributed by atoms with van der Waals surface area (Å²) in [5.41, 5.74) is 0.922. The Balaban J connectivity index is 2.68. The summed E-state index contributed by atoms with van der Waals surface area (Å²) in [7, 11) is 0. The van der Waals surface area contributed by atoms with Gasteiger partial charge in [0.25, 0.3) is 0 Å². The van der Waals surface area contributed by atoms with Gasteiger partial charge in [0.1, 0.15) is 12.4 Å². The van der Waals surface area contributed by atoms with Crippen molar-refractivity contribution in [1.29, 1.82) is 0 Å². The molecule has 0 fully saturated rings. The van der Waals surface area contributed by atoms with Crippen LogP contribution in [0.15, 0.2) is 18.2 Å². The lowest BCUT2D eigenvalue weighted by atomic mass is 10.1. The van der Waals surface area contributed by atoms with Crippen molar-refractivity contribution in [1.82, 2.24) is 5.32 Å². The molecule has 1 unspecified atom stereocenters. The Morgan fingerprint density at radius 2 is 2.16 bits per heavy atom. The van der Waals surface area contributed by atoms with E-state index in [4.69, 9.17) is 21.4 Å². The Hall–Kier alpha value is -1.75. The fourth-order valence-corrected chi connectivity index (χ4v) is 1.76. The van der Waals surface area contributed by atoms with Crippen LogP contribution in [0.3, 0.4) is 0 Å². The van der Waals surface area contributed by atoms with E-state index in [9.17, 15) is 9.59 Å². The van der Waals surface area contributed by atoms with Crippen molar-refractivity contribution in [2.24, 2.45) is 0 Å². The van der Waals surface area contributed by atoms with E-state index in [1.165, 1.54) is 6.92 Å². The third kappa shape index (κ3) is 4.79.